The fourth-order valence-electron chi connectivity index (χ4n) is 3.03. The van der Waals surface area contributed by atoms with Crippen LogP contribution in [0.2, 0.25) is 0 Å². The second-order valence-corrected chi connectivity index (χ2v) is 6.65. The van der Waals surface area contributed by atoms with E-state index in [-0.39, 0.29) is 37.8 Å². The summed E-state index contributed by atoms with van der Waals surface area (Å²) in [4.78, 5) is 24.2. The molecule has 0 unspecified atom stereocenters. The van der Waals surface area contributed by atoms with Crippen LogP contribution >= 0.6 is 0 Å². The second kappa shape index (κ2) is 8.32. The highest BCUT2D eigenvalue weighted by molar-refractivity contribution is 5.75. The maximum absolute atomic E-state index is 13.2. The zero-order valence-electron chi connectivity index (χ0n) is 15.7. The molecule has 7 nitrogen and oxygen atoms in total. The number of carbonyl (C=O) groups is 1. The van der Waals surface area contributed by atoms with Crippen LogP contribution in [-0.2, 0) is 17.9 Å². The second-order valence-electron chi connectivity index (χ2n) is 6.65. The van der Waals surface area contributed by atoms with Crippen molar-refractivity contribution in [3.63, 3.8) is 0 Å². The molecule has 1 N–H and O–H groups in total. The first-order chi connectivity index (χ1) is 14.5. The van der Waals surface area contributed by atoms with E-state index in [4.69, 9.17) is 9.47 Å². The van der Waals surface area contributed by atoms with E-state index in [1.807, 2.05) is 0 Å². The van der Waals surface area contributed by atoms with Crippen molar-refractivity contribution in [1.82, 2.24) is 15.1 Å². The summed E-state index contributed by atoms with van der Waals surface area (Å²) >= 11 is 0. The molecule has 4 rings (SSSR count). The molecule has 30 heavy (non-hydrogen) atoms. The average Bonchev–Trinajstić information content (AvgIpc) is 3.19. The van der Waals surface area contributed by atoms with Crippen molar-refractivity contribution in [3.8, 4) is 22.8 Å². The molecule has 3 aromatic rings. The fraction of sp³-hybridized carbons (Fsp3) is 0.190. The van der Waals surface area contributed by atoms with E-state index in [2.05, 4.69) is 10.4 Å². The topological polar surface area (TPSA) is 82.5 Å². The molecule has 0 spiro atoms. The summed E-state index contributed by atoms with van der Waals surface area (Å²) in [5, 5.41) is 6.88. The monoisotopic (exact) mass is 413 g/mol. The first-order valence-corrected chi connectivity index (χ1v) is 9.18. The van der Waals surface area contributed by atoms with Gasteiger partial charge >= 0.3 is 0 Å². The highest BCUT2D eigenvalue weighted by atomic mass is 19.1. The molecule has 1 amide bonds. The van der Waals surface area contributed by atoms with E-state index in [0.29, 0.717) is 22.8 Å². The molecule has 0 bridgehead atoms. The number of nitrogens with one attached hydrogen (secondary N) is 1. The van der Waals surface area contributed by atoms with Gasteiger partial charge in [0.15, 0.2) is 11.5 Å². The van der Waals surface area contributed by atoms with Crippen LogP contribution in [0.25, 0.3) is 11.3 Å². The maximum atomic E-state index is 13.2. The Morgan fingerprint density at radius 3 is 2.60 bits per heavy atom. The van der Waals surface area contributed by atoms with Crippen LogP contribution in [0.1, 0.15) is 12.0 Å². The zero-order chi connectivity index (χ0) is 21.1. The van der Waals surface area contributed by atoms with Gasteiger partial charge in [0.05, 0.1) is 12.2 Å². The summed E-state index contributed by atoms with van der Waals surface area (Å²) in [6, 6.07) is 11.3. The van der Waals surface area contributed by atoms with Crippen LogP contribution in [-0.4, -0.2) is 22.5 Å². The van der Waals surface area contributed by atoms with Gasteiger partial charge in [0.1, 0.15) is 11.6 Å². The van der Waals surface area contributed by atoms with Crippen LogP contribution in [0.15, 0.2) is 53.3 Å². The number of rotatable bonds is 6. The average molecular weight is 413 g/mol. The standard InChI is InChI=1S/C21H17F2N3O4/c22-15-7-13(8-16(23)10-15)11-24-20(27)5-6-26-21(28)4-2-17(25-26)14-1-3-18-19(9-14)30-12-29-18/h1-4,7-10H,5-6,11-12H2,(H,24,27). The van der Waals surface area contributed by atoms with Crippen molar-refractivity contribution in [1.29, 1.82) is 0 Å². The maximum Gasteiger partial charge on any atom is 0.266 e. The van der Waals surface area contributed by atoms with Gasteiger partial charge in [-0.15, -0.1) is 0 Å². The van der Waals surface area contributed by atoms with Crippen molar-refractivity contribution in [3.05, 3.63) is 76.1 Å². The summed E-state index contributed by atoms with van der Waals surface area (Å²) in [5.41, 5.74) is 1.24. The number of benzene rings is 2. The molecule has 0 saturated heterocycles. The van der Waals surface area contributed by atoms with Crippen LogP contribution in [0.4, 0.5) is 8.78 Å². The van der Waals surface area contributed by atoms with Gasteiger partial charge in [-0.2, -0.15) is 5.10 Å². The molecule has 0 saturated carbocycles. The molecule has 1 aliphatic rings. The number of nitrogens with zero attached hydrogens (tertiary/aromatic N) is 2. The molecule has 2 aromatic carbocycles. The Morgan fingerprint density at radius 2 is 1.80 bits per heavy atom. The van der Waals surface area contributed by atoms with Crippen molar-refractivity contribution in [2.75, 3.05) is 6.79 Å². The lowest BCUT2D eigenvalue weighted by atomic mass is 10.1. The minimum atomic E-state index is -0.713. The molecule has 154 valence electrons. The Labute approximate surface area is 169 Å². The summed E-state index contributed by atoms with van der Waals surface area (Å²) in [5.74, 6) is -0.561. The number of ether oxygens (including phenoxy) is 2. The largest absolute Gasteiger partial charge is 0.454 e. The van der Waals surface area contributed by atoms with Crippen LogP contribution in [0.3, 0.4) is 0 Å². The molecule has 1 aromatic heterocycles. The number of fused-ring (bicyclic) bond motifs is 1. The molecule has 0 atom stereocenters. The molecule has 9 heteroatoms. The number of amides is 1. The normalized spacial score (nSPS) is 12.1. The highest BCUT2D eigenvalue weighted by Gasteiger charge is 2.15. The third-order valence-electron chi connectivity index (χ3n) is 4.50. The van der Waals surface area contributed by atoms with E-state index in [0.717, 1.165) is 23.8 Å². The van der Waals surface area contributed by atoms with Crippen molar-refractivity contribution in [2.45, 2.75) is 19.5 Å². The van der Waals surface area contributed by atoms with Gasteiger partial charge in [-0.25, -0.2) is 13.5 Å². The Morgan fingerprint density at radius 1 is 1.03 bits per heavy atom. The van der Waals surface area contributed by atoms with E-state index in [1.54, 1.807) is 24.3 Å². The number of hydrogen-bond donors (Lipinski definition) is 1. The summed E-state index contributed by atoms with van der Waals surface area (Å²) in [7, 11) is 0. The molecule has 2 heterocycles. The van der Waals surface area contributed by atoms with Gasteiger partial charge in [0.25, 0.3) is 5.56 Å². The molecule has 0 fully saturated rings. The summed E-state index contributed by atoms with van der Waals surface area (Å²) < 4.78 is 38.2. The van der Waals surface area contributed by atoms with Crippen LogP contribution in [0.5, 0.6) is 11.5 Å². The smallest absolute Gasteiger partial charge is 0.266 e. The summed E-state index contributed by atoms with van der Waals surface area (Å²) in [6.07, 6.45) is -0.0186. The summed E-state index contributed by atoms with van der Waals surface area (Å²) in [6.45, 7) is 0.191. The Balaban J connectivity index is 1.40. The van der Waals surface area contributed by atoms with Crippen molar-refractivity contribution < 1.29 is 23.0 Å². The first kappa shape index (κ1) is 19.6. The quantitative estimate of drug-likeness (QED) is 0.672. The van der Waals surface area contributed by atoms with Gasteiger partial charge in [-0.05, 0) is 42.0 Å². The molecule has 0 radical (unpaired) electrons. The fourth-order valence-corrected chi connectivity index (χ4v) is 3.03. The van der Waals surface area contributed by atoms with Crippen molar-refractivity contribution >= 4 is 5.91 Å². The third-order valence-corrected chi connectivity index (χ3v) is 4.50. The van der Waals surface area contributed by atoms with Gasteiger partial charge in [-0.3, -0.25) is 9.59 Å². The first-order valence-electron chi connectivity index (χ1n) is 9.18. The lowest BCUT2D eigenvalue weighted by Gasteiger charge is -2.09. The van der Waals surface area contributed by atoms with Gasteiger partial charge in [0, 0.05) is 30.7 Å². The Hall–Kier alpha value is -3.75. The molecular weight excluding hydrogens is 396 g/mol. The predicted octanol–water partition coefficient (Wildman–Crippen LogP) is 2.62. The lowest BCUT2D eigenvalue weighted by Crippen LogP contribution is -2.28. The number of halogens is 2. The SMILES string of the molecule is O=C(CCn1nc(-c2ccc3c(c2)OCO3)ccc1=O)NCc1cc(F)cc(F)c1. The Bertz CT molecular complexity index is 1140. The number of carbonyl (C=O) groups excluding carboxylic acids is 1. The zero-order valence-corrected chi connectivity index (χ0v) is 15.7. The van der Waals surface area contributed by atoms with E-state index in [1.165, 1.54) is 10.7 Å². The van der Waals surface area contributed by atoms with Gasteiger partial charge in [0.2, 0.25) is 12.7 Å². The number of aryl methyl sites for hydroxylation is 1. The van der Waals surface area contributed by atoms with E-state index < -0.39 is 11.6 Å². The number of hydrogen-bond acceptors (Lipinski definition) is 5. The molecular formula is C21H17F2N3O4. The van der Waals surface area contributed by atoms with Crippen LogP contribution in [0, 0.1) is 11.6 Å². The number of aromatic nitrogens is 2. The molecule has 0 aliphatic carbocycles. The Kier molecular flexibility index (Phi) is 5.42. The van der Waals surface area contributed by atoms with E-state index >= 15 is 0 Å². The van der Waals surface area contributed by atoms with Gasteiger partial charge in [-0.1, -0.05) is 0 Å². The third kappa shape index (κ3) is 4.45. The minimum Gasteiger partial charge on any atom is -0.454 e. The predicted molar refractivity (Wildman–Crippen MR) is 103 cm³/mol. The van der Waals surface area contributed by atoms with Crippen molar-refractivity contribution in [2.24, 2.45) is 0 Å². The van der Waals surface area contributed by atoms with E-state index in [9.17, 15) is 18.4 Å². The lowest BCUT2D eigenvalue weighted by molar-refractivity contribution is -0.121. The van der Waals surface area contributed by atoms with Crippen LogP contribution < -0.4 is 20.3 Å². The minimum absolute atomic E-state index is 0.0186. The highest BCUT2D eigenvalue weighted by Crippen LogP contribution is 2.35. The molecule has 1 aliphatic heterocycles. The van der Waals surface area contributed by atoms with Gasteiger partial charge < -0.3 is 14.8 Å².